The molecular weight excluding hydrogens is 466 g/mol. The lowest BCUT2D eigenvalue weighted by atomic mass is 10.1. The second-order valence-electron chi connectivity index (χ2n) is 11.0. The maximum atomic E-state index is 12.8. The monoisotopic (exact) mass is 517 g/mol. The first-order valence-electron chi connectivity index (χ1n) is 15.6. The van der Waals surface area contributed by atoms with E-state index in [0.717, 1.165) is 24.0 Å². The SMILES string of the molecule is CCCCCCCCCCN(CCCCCCCCCC)c1ccc2cc(-c3ccccc3)c(=O)oc2c1. The van der Waals surface area contributed by atoms with Crippen LogP contribution in [0.2, 0.25) is 0 Å². The van der Waals surface area contributed by atoms with E-state index < -0.39 is 0 Å². The van der Waals surface area contributed by atoms with Crippen molar-refractivity contribution in [2.45, 2.75) is 117 Å². The fourth-order valence-corrected chi connectivity index (χ4v) is 5.36. The number of hydrogen-bond acceptors (Lipinski definition) is 3. The van der Waals surface area contributed by atoms with E-state index in [2.05, 4.69) is 36.9 Å². The molecule has 2 aromatic carbocycles. The summed E-state index contributed by atoms with van der Waals surface area (Å²) in [4.78, 5) is 15.3. The van der Waals surface area contributed by atoms with E-state index in [0.29, 0.717) is 11.1 Å². The summed E-state index contributed by atoms with van der Waals surface area (Å²) in [6.45, 7) is 6.70. The Bertz CT molecular complexity index is 1070. The lowest BCUT2D eigenvalue weighted by Gasteiger charge is -2.25. The summed E-state index contributed by atoms with van der Waals surface area (Å²) in [6, 6.07) is 18.2. The molecule has 3 rings (SSSR count). The molecule has 1 aromatic heterocycles. The van der Waals surface area contributed by atoms with Crippen LogP contribution in [0.25, 0.3) is 22.1 Å². The van der Waals surface area contributed by atoms with Crippen LogP contribution in [0.5, 0.6) is 0 Å². The van der Waals surface area contributed by atoms with Gasteiger partial charge in [0.15, 0.2) is 0 Å². The van der Waals surface area contributed by atoms with Crippen molar-refractivity contribution in [1.29, 1.82) is 0 Å². The zero-order chi connectivity index (χ0) is 26.8. The number of fused-ring (bicyclic) bond motifs is 1. The zero-order valence-corrected chi connectivity index (χ0v) is 24.2. The largest absolute Gasteiger partial charge is 0.422 e. The van der Waals surface area contributed by atoms with Crippen molar-refractivity contribution in [3.63, 3.8) is 0 Å². The van der Waals surface area contributed by atoms with Crippen LogP contribution in [0.3, 0.4) is 0 Å². The Labute approximate surface area is 231 Å². The molecule has 3 aromatic rings. The highest BCUT2D eigenvalue weighted by atomic mass is 16.4. The molecule has 208 valence electrons. The highest BCUT2D eigenvalue weighted by molar-refractivity contribution is 5.84. The fourth-order valence-electron chi connectivity index (χ4n) is 5.36. The molecule has 0 fully saturated rings. The summed E-state index contributed by atoms with van der Waals surface area (Å²) < 4.78 is 5.84. The third-order valence-corrected chi connectivity index (χ3v) is 7.73. The number of nitrogens with zero attached hydrogens (tertiary/aromatic N) is 1. The number of rotatable bonds is 20. The van der Waals surface area contributed by atoms with E-state index in [-0.39, 0.29) is 5.63 Å². The van der Waals surface area contributed by atoms with Crippen LogP contribution < -0.4 is 10.5 Å². The standard InChI is InChI=1S/C35H51NO2/c1-3-5-7-9-11-13-15-20-26-36(27-21-16-14-12-10-8-6-4-2)32-25-24-31-28-33(30-22-18-17-19-23-30)35(37)38-34(31)29-32/h17-19,22-25,28-29H,3-16,20-21,26-27H2,1-2H3. The van der Waals surface area contributed by atoms with E-state index in [1.807, 2.05) is 36.4 Å². The summed E-state index contributed by atoms with van der Waals surface area (Å²) in [5, 5.41) is 0.978. The Balaban J connectivity index is 1.61. The molecule has 0 N–H and O–H groups in total. The second kappa shape index (κ2) is 17.9. The van der Waals surface area contributed by atoms with Gasteiger partial charge in [-0.15, -0.1) is 0 Å². The molecule has 3 heteroatoms. The first-order valence-corrected chi connectivity index (χ1v) is 15.6. The number of unbranched alkanes of at least 4 members (excludes halogenated alkanes) is 14. The van der Waals surface area contributed by atoms with Crippen molar-refractivity contribution in [2.75, 3.05) is 18.0 Å². The predicted molar refractivity (Wildman–Crippen MR) is 165 cm³/mol. The highest BCUT2D eigenvalue weighted by Gasteiger charge is 2.11. The Hall–Kier alpha value is -2.55. The van der Waals surface area contributed by atoms with Crippen LogP contribution in [0, 0.1) is 0 Å². The van der Waals surface area contributed by atoms with E-state index in [4.69, 9.17) is 4.42 Å². The van der Waals surface area contributed by atoms with Gasteiger partial charge in [0.25, 0.3) is 0 Å². The summed E-state index contributed by atoms with van der Waals surface area (Å²) in [6.07, 6.45) is 21.3. The number of hydrogen-bond donors (Lipinski definition) is 0. The van der Waals surface area contributed by atoms with Crippen LogP contribution in [0.15, 0.2) is 63.8 Å². The van der Waals surface area contributed by atoms with E-state index >= 15 is 0 Å². The van der Waals surface area contributed by atoms with Gasteiger partial charge in [-0.25, -0.2) is 4.79 Å². The Morgan fingerprint density at radius 3 is 1.68 bits per heavy atom. The van der Waals surface area contributed by atoms with Crippen molar-refractivity contribution in [2.24, 2.45) is 0 Å². The maximum Gasteiger partial charge on any atom is 0.344 e. The van der Waals surface area contributed by atoms with E-state index in [9.17, 15) is 4.79 Å². The molecule has 0 spiro atoms. The molecule has 0 saturated heterocycles. The van der Waals surface area contributed by atoms with Gasteiger partial charge in [0.1, 0.15) is 5.58 Å². The normalized spacial score (nSPS) is 11.3. The van der Waals surface area contributed by atoms with Gasteiger partial charge in [-0.1, -0.05) is 134 Å². The molecule has 0 aliphatic rings. The highest BCUT2D eigenvalue weighted by Crippen LogP contribution is 2.26. The van der Waals surface area contributed by atoms with Crippen molar-refractivity contribution >= 4 is 16.7 Å². The molecule has 0 saturated carbocycles. The summed E-state index contributed by atoms with van der Waals surface area (Å²) in [5.74, 6) is 0. The van der Waals surface area contributed by atoms with Crippen LogP contribution in [-0.4, -0.2) is 13.1 Å². The molecule has 0 amide bonds. The average Bonchev–Trinajstić information content (AvgIpc) is 2.94. The van der Waals surface area contributed by atoms with Crippen LogP contribution >= 0.6 is 0 Å². The third-order valence-electron chi connectivity index (χ3n) is 7.73. The lowest BCUT2D eigenvalue weighted by molar-refractivity contribution is 0.553. The summed E-state index contributed by atoms with van der Waals surface area (Å²) >= 11 is 0. The first kappa shape index (κ1) is 30.0. The fraction of sp³-hybridized carbons (Fsp3) is 0.571. The van der Waals surface area contributed by atoms with Crippen molar-refractivity contribution in [3.05, 3.63) is 65.0 Å². The number of anilines is 1. The summed E-state index contributed by atoms with van der Waals surface area (Å²) in [7, 11) is 0. The van der Waals surface area contributed by atoms with Crippen molar-refractivity contribution < 1.29 is 4.42 Å². The minimum absolute atomic E-state index is 0.265. The van der Waals surface area contributed by atoms with Gasteiger partial charge in [0, 0.05) is 30.2 Å². The van der Waals surface area contributed by atoms with Crippen LogP contribution in [0.4, 0.5) is 5.69 Å². The Morgan fingerprint density at radius 1 is 0.605 bits per heavy atom. The lowest BCUT2D eigenvalue weighted by Crippen LogP contribution is -2.25. The van der Waals surface area contributed by atoms with E-state index in [1.165, 1.54) is 108 Å². The molecule has 1 heterocycles. The van der Waals surface area contributed by atoms with Crippen LogP contribution in [0.1, 0.15) is 117 Å². The molecule has 3 nitrogen and oxygen atoms in total. The molecule has 0 bridgehead atoms. The minimum Gasteiger partial charge on any atom is -0.422 e. The molecule has 0 atom stereocenters. The van der Waals surface area contributed by atoms with Crippen molar-refractivity contribution in [1.82, 2.24) is 0 Å². The number of benzene rings is 2. The van der Waals surface area contributed by atoms with Gasteiger partial charge in [0.2, 0.25) is 0 Å². The topological polar surface area (TPSA) is 33.5 Å². The molecule has 0 aliphatic carbocycles. The maximum absolute atomic E-state index is 12.8. The van der Waals surface area contributed by atoms with Gasteiger partial charge >= 0.3 is 5.63 Å². The quantitative estimate of drug-likeness (QED) is 0.110. The van der Waals surface area contributed by atoms with E-state index in [1.54, 1.807) is 0 Å². The molecule has 0 aliphatic heterocycles. The Kier molecular flexibility index (Phi) is 14.1. The van der Waals surface area contributed by atoms with Gasteiger partial charge < -0.3 is 9.32 Å². The molecule has 0 radical (unpaired) electrons. The minimum atomic E-state index is -0.265. The summed E-state index contributed by atoms with van der Waals surface area (Å²) in [5.41, 5.74) is 3.13. The zero-order valence-electron chi connectivity index (χ0n) is 24.2. The smallest absolute Gasteiger partial charge is 0.344 e. The van der Waals surface area contributed by atoms with Crippen molar-refractivity contribution in [3.8, 4) is 11.1 Å². The molecule has 38 heavy (non-hydrogen) atoms. The third kappa shape index (κ3) is 10.3. The second-order valence-corrected chi connectivity index (χ2v) is 11.0. The van der Waals surface area contributed by atoms with Gasteiger partial charge in [0.05, 0.1) is 5.56 Å². The predicted octanol–water partition coefficient (Wildman–Crippen LogP) is 10.5. The molecule has 0 unspecified atom stereocenters. The van der Waals surface area contributed by atoms with Gasteiger partial charge in [-0.05, 0) is 36.6 Å². The average molecular weight is 518 g/mol. The Morgan fingerprint density at radius 2 is 1.13 bits per heavy atom. The van der Waals surface area contributed by atoms with Gasteiger partial charge in [-0.3, -0.25) is 0 Å². The molecular formula is C35H51NO2. The first-order chi connectivity index (χ1) is 18.7. The van der Waals surface area contributed by atoms with Crippen LogP contribution in [-0.2, 0) is 0 Å². The van der Waals surface area contributed by atoms with Gasteiger partial charge in [-0.2, -0.15) is 0 Å².